The van der Waals surface area contributed by atoms with Crippen molar-refractivity contribution in [1.82, 2.24) is 5.32 Å². The van der Waals surface area contributed by atoms with Gasteiger partial charge in [0.15, 0.2) is 0 Å². The van der Waals surface area contributed by atoms with Crippen molar-refractivity contribution in [2.24, 2.45) is 5.41 Å². The molecule has 1 aromatic rings. The normalized spacial score (nSPS) is 22.6. The summed E-state index contributed by atoms with van der Waals surface area (Å²) < 4.78 is 37.9. The molecule has 1 aromatic carbocycles. The second-order valence-electron chi connectivity index (χ2n) is 5.81. The van der Waals surface area contributed by atoms with Crippen molar-refractivity contribution in [2.75, 3.05) is 25.0 Å². The molecule has 2 N–H and O–H groups in total. The Morgan fingerprint density at radius 3 is 2.76 bits per heavy atom. The molecule has 0 radical (unpaired) electrons. The molecule has 1 atom stereocenters. The minimum Gasteiger partial charge on any atom is -0.383 e. The van der Waals surface area contributed by atoms with Crippen LogP contribution >= 0.6 is 0 Å². The maximum Gasteiger partial charge on any atom is 0.416 e. The first-order valence-corrected chi connectivity index (χ1v) is 6.90. The lowest BCUT2D eigenvalue weighted by atomic mass is 9.82. The zero-order valence-electron chi connectivity index (χ0n) is 11.8. The van der Waals surface area contributed by atoms with Gasteiger partial charge in [0.2, 0.25) is 0 Å². The highest BCUT2D eigenvalue weighted by atomic mass is 19.4. The smallest absolute Gasteiger partial charge is 0.383 e. The van der Waals surface area contributed by atoms with Crippen molar-refractivity contribution in [3.05, 3.63) is 29.3 Å². The molecule has 0 spiro atoms. The molecule has 1 aliphatic heterocycles. The summed E-state index contributed by atoms with van der Waals surface area (Å²) in [5, 5.41) is 15.5. The largest absolute Gasteiger partial charge is 0.416 e. The summed E-state index contributed by atoms with van der Waals surface area (Å²) in [5.74, 6) is 0. The second kappa shape index (κ2) is 5.94. The number of piperidine rings is 1. The number of nitrogens with zero attached hydrogens (tertiary/aromatic N) is 1. The molecule has 3 nitrogen and oxygen atoms in total. The van der Waals surface area contributed by atoms with Crippen LogP contribution in [0.1, 0.15) is 30.9 Å². The van der Waals surface area contributed by atoms with Crippen molar-refractivity contribution >= 4 is 5.69 Å². The van der Waals surface area contributed by atoms with E-state index in [1.807, 2.05) is 6.07 Å². The maximum atomic E-state index is 12.6. The molecule has 1 fully saturated rings. The third-order valence-corrected chi connectivity index (χ3v) is 3.86. The van der Waals surface area contributed by atoms with Gasteiger partial charge in [-0.2, -0.15) is 18.4 Å². The van der Waals surface area contributed by atoms with Crippen LogP contribution in [0, 0.1) is 16.7 Å². The molecule has 21 heavy (non-hydrogen) atoms. The molecule has 114 valence electrons. The Morgan fingerprint density at radius 1 is 1.43 bits per heavy atom. The van der Waals surface area contributed by atoms with Gasteiger partial charge in [0, 0.05) is 13.1 Å². The van der Waals surface area contributed by atoms with Gasteiger partial charge >= 0.3 is 6.18 Å². The first-order valence-electron chi connectivity index (χ1n) is 6.90. The average molecular weight is 297 g/mol. The SMILES string of the molecule is CC1(CNc2ccc(C(F)(F)F)cc2C#N)CCCNC1. The van der Waals surface area contributed by atoms with Gasteiger partial charge in [-0.1, -0.05) is 6.92 Å². The molecule has 1 unspecified atom stereocenters. The fourth-order valence-electron chi connectivity index (χ4n) is 2.55. The summed E-state index contributed by atoms with van der Waals surface area (Å²) in [6, 6.07) is 5.06. The predicted molar refractivity (Wildman–Crippen MR) is 74.9 cm³/mol. The first kappa shape index (κ1) is 15.6. The van der Waals surface area contributed by atoms with Crippen molar-refractivity contribution in [1.29, 1.82) is 5.26 Å². The number of hydrogen-bond donors (Lipinski definition) is 2. The Balaban J connectivity index is 2.12. The zero-order chi connectivity index (χ0) is 15.5. The molecule has 0 aromatic heterocycles. The minimum atomic E-state index is -4.43. The van der Waals surface area contributed by atoms with Crippen LogP contribution in [0.5, 0.6) is 0 Å². The fourth-order valence-corrected chi connectivity index (χ4v) is 2.55. The summed E-state index contributed by atoms with van der Waals surface area (Å²) in [7, 11) is 0. The lowest BCUT2D eigenvalue weighted by Crippen LogP contribution is -2.42. The minimum absolute atomic E-state index is 0.0252. The summed E-state index contributed by atoms with van der Waals surface area (Å²) in [6.45, 7) is 4.62. The van der Waals surface area contributed by atoms with E-state index in [1.54, 1.807) is 0 Å². The van der Waals surface area contributed by atoms with Gasteiger partial charge in [-0.05, 0) is 43.0 Å². The van der Waals surface area contributed by atoms with Crippen LogP contribution in [0.15, 0.2) is 18.2 Å². The van der Waals surface area contributed by atoms with E-state index in [1.165, 1.54) is 6.07 Å². The maximum absolute atomic E-state index is 12.6. The number of hydrogen-bond acceptors (Lipinski definition) is 3. The number of rotatable bonds is 3. The zero-order valence-corrected chi connectivity index (χ0v) is 11.8. The van der Waals surface area contributed by atoms with Gasteiger partial charge in [0.25, 0.3) is 0 Å². The summed E-state index contributed by atoms with van der Waals surface area (Å²) in [6.07, 6.45) is -2.30. The Bertz CT molecular complexity index is 540. The van der Waals surface area contributed by atoms with E-state index in [2.05, 4.69) is 17.6 Å². The molecule has 0 aliphatic carbocycles. The fraction of sp³-hybridized carbons (Fsp3) is 0.533. The van der Waals surface area contributed by atoms with Crippen LogP contribution in [-0.4, -0.2) is 19.6 Å². The van der Waals surface area contributed by atoms with Gasteiger partial charge in [-0.25, -0.2) is 0 Å². The third kappa shape index (κ3) is 3.88. The number of halogens is 3. The van der Waals surface area contributed by atoms with Gasteiger partial charge in [-0.3, -0.25) is 0 Å². The van der Waals surface area contributed by atoms with Crippen molar-refractivity contribution in [3.63, 3.8) is 0 Å². The summed E-state index contributed by atoms with van der Waals surface area (Å²) in [4.78, 5) is 0. The van der Waals surface area contributed by atoms with E-state index < -0.39 is 11.7 Å². The van der Waals surface area contributed by atoms with E-state index in [9.17, 15) is 13.2 Å². The molecular formula is C15H18F3N3. The Labute approximate surface area is 122 Å². The predicted octanol–water partition coefficient (Wildman–Crippen LogP) is 3.38. The van der Waals surface area contributed by atoms with Crippen LogP contribution in [-0.2, 0) is 6.18 Å². The highest BCUT2D eigenvalue weighted by Crippen LogP contribution is 2.32. The quantitative estimate of drug-likeness (QED) is 0.899. The molecule has 6 heteroatoms. The topological polar surface area (TPSA) is 47.9 Å². The molecule has 1 saturated heterocycles. The number of alkyl halides is 3. The lowest BCUT2D eigenvalue weighted by molar-refractivity contribution is -0.137. The summed E-state index contributed by atoms with van der Waals surface area (Å²) in [5.41, 5.74) is -0.266. The molecule has 0 saturated carbocycles. The average Bonchev–Trinajstić information content (AvgIpc) is 2.45. The van der Waals surface area contributed by atoms with Crippen LogP contribution in [0.4, 0.5) is 18.9 Å². The molecular weight excluding hydrogens is 279 g/mol. The van der Waals surface area contributed by atoms with Crippen molar-refractivity contribution in [3.8, 4) is 6.07 Å². The number of anilines is 1. The van der Waals surface area contributed by atoms with Gasteiger partial charge in [0.1, 0.15) is 6.07 Å². The van der Waals surface area contributed by atoms with E-state index in [-0.39, 0.29) is 11.0 Å². The Hall–Kier alpha value is -1.74. The van der Waals surface area contributed by atoms with Gasteiger partial charge in [-0.15, -0.1) is 0 Å². The molecule has 1 heterocycles. The van der Waals surface area contributed by atoms with Crippen molar-refractivity contribution in [2.45, 2.75) is 25.9 Å². The van der Waals surface area contributed by atoms with Crippen molar-refractivity contribution < 1.29 is 13.2 Å². The molecule has 0 amide bonds. The van der Waals surface area contributed by atoms with Crippen LogP contribution in [0.2, 0.25) is 0 Å². The number of nitriles is 1. The monoisotopic (exact) mass is 297 g/mol. The van der Waals surface area contributed by atoms with E-state index >= 15 is 0 Å². The third-order valence-electron chi connectivity index (χ3n) is 3.86. The van der Waals surface area contributed by atoms with Crippen LogP contribution < -0.4 is 10.6 Å². The van der Waals surface area contributed by atoms with E-state index in [0.717, 1.165) is 38.1 Å². The van der Waals surface area contributed by atoms with Crippen LogP contribution in [0.25, 0.3) is 0 Å². The first-order chi connectivity index (χ1) is 9.84. The number of benzene rings is 1. The van der Waals surface area contributed by atoms with E-state index in [0.29, 0.717) is 12.2 Å². The molecule has 2 rings (SSSR count). The number of nitrogens with one attached hydrogen (secondary N) is 2. The summed E-state index contributed by atoms with van der Waals surface area (Å²) >= 11 is 0. The van der Waals surface area contributed by atoms with Gasteiger partial charge < -0.3 is 10.6 Å². The highest BCUT2D eigenvalue weighted by Gasteiger charge is 2.31. The van der Waals surface area contributed by atoms with Gasteiger partial charge in [0.05, 0.1) is 16.8 Å². The standard InChI is InChI=1S/C15H18F3N3/c1-14(5-2-6-20-9-14)10-21-13-4-3-12(15(16,17)18)7-11(13)8-19/h3-4,7,20-21H,2,5-6,9-10H2,1H3. The second-order valence-corrected chi connectivity index (χ2v) is 5.81. The van der Waals surface area contributed by atoms with E-state index in [4.69, 9.17) is 5.26 Å². The lowest BCUT2D eigenvalue weighted by Gasteiger charge is -2.34. The highest BCUT2D eigenvalue weighted by molar-refractivity contribution is 5.59. The molecule has 0 bridgehead atoms. The molecule has 1 aliphatic rings. The Morgan fingerprint density at radius 2 is 2.19 bits per heavy atom. The van der Waals surface area contributed by atoms with Crippen LogP contribution in [0.3, 0.4) is 0 Å². The Kier molecular flexibility index (Phi) is 4.43.